The molecule has 92 valence electrons. The molecule has 0 atom stereocenters. The number of carbonyl (C=O) groups excluding carboxylic acids is 1. The highest BCUT2D eigenvalue weighted by Gasteiger charge is 2.21. The number of ketones is 1. The van der Waals surface area contributed by atoms with Crippen LogP contribution in [-0.2, 0) is 14.6 Å². The van der Waals surface area contributed by atoms with Crippen LogP contribution in [0.25, 0.3) is 0 Å². The van der Waals surface area contributed by atoms with E-state index in [1.54, 1.807) is 0 Å². The first-order chi connectivity index (χ1) is 7.80. The van der Waals surface area contributed by atoms with Crippen LogP contribution in [0.15, 0.2) is 24.3 Å². The number of aliphatic carboxylic acids is 1. The van der Waals surface area contributed by atoms with E-state index in [1.807, 2.05) is 0 Å². The highest BCUT2D eigenvalue weighted by molar-refractivity contribution is 7.92. The molecule has 0 saturated heterocycles. The van der Waals surface area contributed by atoms with Gasteiger partial charge in [-0.3, -0.25) is 9.59 Å². The standard InChI is InChI=1S/C10H9FO5S/c11-8-3-1-7(2-4-8)9(12)5-17(15,16)6-10(13)14/h1-4H,5-6H2,(H,13,14). The predicted octanol–water partition coefficient (Wildman–Crippen LogP) is 0.508. The van der Waals surface area contributed by atoms with E-state index >= 15 is 0 Å². The minimum Gasteiger partial charge on any atom is -0.480 e. The van der Waals surface area contributed by atoms with E-state index in [-0.39, 0.29) is 5.56 Å². The average Bonchev–Trinajstić information content (AvgIpc) is 2.15. The Kier molecular flexibility index (Phi) is 3.95. The number of halogens is 1. The molecule has 0 unspecified atom stereocenters. The molecule has 1 N–H and O–H groups in total. The molecule has 0 aliphatic heterocycles. The van der Waals surface area contributed by atoms with Gasteiger partial charge in [-0.05, 0) is 24.3 Å². The predicted molar refractivity (Wildman–Crippen MR) is 57.0 cm³/mol. The fourth-order valence-electron chi connectivity index (χ4n) is 1.16. The lowest BCUT2D eigenvalue weighted by molar-refractivity contribution is -0.134. The van der Waals surface area contributed by atoms with Crippen molar-refractivity contribution in [3.8, 4) is 0 Å². The van der Waals surface area contributed by atoms with Gasteiger partial charge in [0.2, 0.25) is 0 Å². The molecule has 1 aromatic carbocycles. The Balaban J connectivity index is 2.79. The van der Waals surface area contributed by atoms with Crippen LogP contribution >= 0.6 is 0 Å². The van der Waals surface area contributed by atoms with Gasteiger partial charge in [0.05, 0.1) is 0 Å². The largest absolute Gasteiger partial charge is 0.480 e. The fourth-order valence-corrected chi connectivity index (χ4v) is 2.20. The minimum absolute atomic E-state index is 0.0281. The monoisotopic (exact) mass is 260 g/mol. The molecule has 0 amide bonds. The molecule has 5 nitrogen and oxygen atoms in total. The van der Waals surface area contributed by atoms with E-state index in [9.17, 15) is 22.4 Å². The van der Waals surface area contributed by atoms with Crippen LogP contribution in [0.2, 0.25) is 0 Å². The van der Waals surface area contributed by atoms with Crippen molar-refractivity contribution in [2.45, 2.75) is 0 Å². The molecule has 17 heavy (non-hydrogen) atoms. The van der Waals surface area contributed by atoms with E-state index in [0.29, 0.717) is 0 Å². The summed E-state index contributed by atoms with van der Waals surface area (Å²) in [7, 11) is -3.98. The Morgan fingerprint density at radius 3 is 2.12 bits per heavy atom. The normalized spacial score (nSPS) is 11.1. The number of hydrogen-bond donors (Lipinski definition) is 1. The van der Waals surface area contributed by atoms with Gasteiger partial charge in [-0.1, -0.05) is 0 Å². The van der Waals surface area contributed by atoms with Gasteiger partial charge in [0.25, 0.3) is 0 Å². The van der Waals surface area contributed by atoms with Crippen LogP contribution in [0, 0.1) is 5.82 Å². The molecular weight excluding hydrogens is 251 g/mol. The summed E-state index contributed by atoms with van der Waals surface area (Å²) in [6.07, 6.45) is 0. The number of hydrogen-bond acceptors (Lipinski definition) is 4. The molecule has 7 heteroatoms. The maximum atomic E-state index is 12.6. The third kappa shape index (κ3) is 4.31. The Hall–Kier alpha value is -1.76. The van der Waals surface area contributed by atoms with E-state index in [4.69, 9.17) is 5.11 Å². The lowest BCUT2D eigenvalue weighted by Crippen LogP contribution is -2.23. The maximum Gasteiger partial charge on any atom is 0.318 e. The third-order valence-corrected chi connectivity index (χ3v) is 3.25. The highest BCUT2D eigenvalue weighted by atomic mass is 32.2. The summed E-state index contributed by atoms with van der Waals surface area (Å²) in [5, 5.41) is 8.33. The fraction of sp³-hybridized carbons (Fsp3) is 0.200. The third-order valence-electron chi connectivity index (χ3n) is 1.86. The van der Waals surface area contributed by atoms with Crippen molar-refractivity contribution in [1.82, 2.24) is 0 Å². The number of benzene rings is 1. The molecule has 1 aromatic rings. The van der Waals surface area contributed by atoms with E-state index < -0.39 is 38.9 Å². The summed E-state index contributed by atoms with van der Waals surface area (Å²) in [5.74, 6) is -4.82. The number of Topliss-reactive ketones (excluding diaryl/α,β-unsaturated/α-hetero) is 1. The van der Waals surface area contributed by atoms with Crippen LogP contribution in [0.5, 0.6) is 0 Å². The molecule has 0 aromatic heterocycles. The molecule has 0 spiro atoms. The van der Waals surface area contributed by atoms with Crippen LogP contribution in [0.1, 0.15) is 10.4 Å². The average molecular weight is 260 g/mol. The van der Waals surface area contributed by atoms with Crippen molar-refractivity contribution in [3.63, 3.8) is 0 Å². The van der Waals surface area contributed by atoms with Gasteiger partial charge in [-0.2, -0.15) is 0 Å². The zero-order chi connectivity index (χ0) is 13.1. The first-order valence-corrected chi connectivity index (χ1v) is 6.33. The lowest BCUT2D eigenvalue weighted by Gasteiger charge is -2.01. The van der Waals surface area contributed by atoms with Gasteiger partial charge in [-0.25, -0.2) is 12.8 Å². The molecule has 0 saturated carbocycles. The molecule has 0 aliphatic rings. The van der Waals surface area contributed by atoms with Crippen molar-refractivity contribution in [2.75, 3.05) is 11.5 Å². The van der Waals surface area contributed by atoms with E-state index in [2.05, 4.69) is 0 Å². The maximum absolute atomic E-state index is 12.6. The summed E-state index contributed by atoms with van der Waals surface area (Å²) in [5.41, 5.74) is 0.0281. The van der Waals surface area contributed by atoms with Crippen molar-refractivity contribution in [1.29, 1.82) is 0 Å². The molecule has 0 fully saturated rings. The first-order valence-electron chi connectivity index (χ1n) is 4.51. The van der Waals surface area contributed by atoms with Gasteiger partial charge in [0.15, 0.2) is 15.6 Å². The molecule has 0 radical (unpaired) electrons. The molecular formula is C10H9FO5S. The number of carboxylic acid groups (broad SMARTS) is 1. The first kappa shape index (κ1) is 13.3. The summed E-state index contributed by atoms with van der Waals surface area (Å²) < 4.78 is 35.0. The zero-order valence-corrected chi connectivity index (χ0v) is 9.41. The Bertz CT molecular complexity index is 532. The van der Waals surface area contributed by atoms with Gasteiger partial charge in [0.1, 0.15) is 17.3 Å². The smallest absolute Gasteiger partial charge is 0.318 e. The summed E-state index contributed by atoms with van der Waals surface area (Å²) in [6.45, 7) is 0. The van der Waals surface area contributed by atoms with E-state index in [0.717, 1.165) is 24.3 Å². The van der Waals surface area contributed by atoms with Gasteiger partial charge in [0, 0.05) is 5.56 Å². The van der Waals surface area contributed by atoms with Gasteiger partial charge >= 0.3 is 5.97 Å². The van der Waals surface area contributed by atoms with Gasteiger partial charge < -0.3 is 5.11 Å². The molecule has 0 aliphatic carbocycles. The SMILES string of the molecule is O=C(O)CS(=O)(=O)CC(=O)c1ccc(F)cc1. The second-order valence-electron chi connectivity index (χ2n) is 3.36. The lowest BCUT2D eigenvalue weighted by atomic mass is 10.1. The Labute approximate surface area is 96.8 Å². The van der Waals surface area contributed by atoms with Gasteiger partial charge in [-0.15, -0.1) is 0 Å². The summed E-state index contributed by atoms with van der Waals surface area (Å²) in [4.78, 5) is 21.7. The Morgan fingerprint density at radius 2 is 1.65 bits per heavy atom. The number of carbonyl (C=O) groups is 2. The van der Waals surface area contributed by atoms with Crippen molar-refractivity contribution in [3.05, 3.63) is 35.6 Å². The van der Waals surface area contributed by atoms with Crippen LogP contribution in [-0.4, -0.2) is 36.8 Å². The molecule has 0 bridgehead atoms. The quantitative estimate of drug-likeness (QED) is 0.779. The minimum atomic E-state index is -3.98. The number of rotatable bonds is 5. The van der Waals surface area contributed by atoms with Crippen LogP contribution < -0.4 is 0 Å². The molecule has 0 heterocycles. The van der Waals surface area contributed by atoms with E-state index in [1.165, 1.54) is 0 Å². The second-order valence-corrected chi connectivity index (χ2v) is 5.42. The van der Waals surface area contributed by atoms with Crippen molar-refractivity contribution in [2.24, 2.45) is 0 Å². The van der Waals surface area contributed by atoms with Crippen molar-refractivity contribution >= 4 is 21.6 Å². The zero-order valence-electron chi connectivity index (χ0n) is 8.59. The highest BCUT2D eigenvalue weighted by Crippen LogP contribution is 2.05. The number of carboxylic acids is 1. The topological polar surface area (TPSA) is 88.5 Å². The van der Waals surface area contributed by atoms with Crippen LogP contribution in [0.3, 0.4) is 0 Å². The Morgan fingerprint density at radius 1 is 1.12 bits per heavy atom. The summed E-state index contributed by atoms with van der Waals surface area (Å²) in [6, 6.07) is 4.34. The number of sulfone groups is 1. The van der Waals surface area contributed by atoms with Crippen LogP contribution in [0.4, 0.5) is 4.39 Å². The second kappa shape index (κ2) is 5.05. The molecule has 1 rings (SSSR count). The summed E-state index contributed by atoms with van der Waals surface area (Å²) >= 11 is 0. The van der Waals surface area contributed by atoms with Crippen molar-refractivity contribution < 1.29 is 27.5 Å².